The maximum Gasteiger partial charge on any atom is 0.207 e. The Morgan fingerprint density at radius 3 is 3.08 bits per heavy atom. The van der Waals surface area contributed by atoms with Crippen molar-refractivity contribution in [2.45, 2.75) is 0 Å². The average Bonchev–Trinajstić information content (AvgIpc) is 2.15. The Kier molecular flexibility index (Phi) is 3.40. The predicted octanol–water partition coefficient (Wildman–Crippen LogP) is 0.664. The standard InChI is InChI=1S/C8H7ClN2O2/c9-8-6(2-1-3-11-8)7(13)4-10-5-12/h1-3,5H,4H2,(H,10,12). The fourth-order valence-corrected chi connectivity index (χ4v) is 1.05. The summed E-state index contributed by atoms with van der Waals surface area (Å²) < 4.78 is 0. The Morgan fingerprint density at radius 1 is 1.69 bits per heavy atom. The van der Waals surface area contributed by atoms with Crippen molar-refractivity contribution >= 4 is 23.8 Å². The Morgan fingerprint density at radius 2 is 2.46 bits per heavy atom. The smallest absolute Gasteiger partial charge is 0.207 e. The molecule has 4 nitrogen and oxygen atoms in total. The minimum absolute atomic E-state index is 0.0606. The van der Waals surface area contributed by atoms with E-state index in [4.69, 9.17) is 11.6 Å². The van der Waals surface area contributed by atoms with Crippen LogP contribution in [0.4, 0.5) is 0 Å². The monoisotopic (exact) mass is 198 g/mol. The lowest BCUT2D eigenvalue weighted by Gasteiger charge is -2.00. The number of hydrogen-bond donors (Lipinski definition) is 1. The SMILES string of the molecule is O=CNCC(=O)c1cccnc1Cl. The lowest BCUT2D eigenvalue weighted by atomic mass is 10.2. The van der Waals surface area contributed by atoms with Crippen molar-refractivity contribution in [3.8, 4) is 0 Å². The third-order valence-electron chi connectivity index (χ3n) is 1.41. The zero-order chi connectivity index (χ0) is 9.68. The molecule has 1 heterocycles. The van der Waals surface area contributed by atoms with Gasteiger partial charge in [0.05, 0.1) is 12.1 Å². The molecule has 1 N–H and O–H groups in total. The highest BCUT2D eigenvalue weighted by Gasteiger charge is 2.09. The Bertz CT molecular complexity index is 328. The highest BCUT2D eigenvalue weighted by molar-refractivity contribution is 6.32. The first-order valence-corrected chi connectivity index (χ1v) is 3.94. The van der Waals surface area contributed by atoms with Crippen LogP contribution < -0.4 is 5.32 Å². The van der Waals surface area contributed by atoms with Gasteiger partial charge in [-0.05, 0) is 12.1 Å². The molecule has 0 aliphatic carbocycles. The number of halogens is 1. The van der Waals surface area contributed by atoms with E-state index in [1.165, 1.54) is 6.20 Å². The van der Waals surface area contributed by atoms with Gasteiger partial charge in [-0.15, -0.1) is 0 Å². The normalized spacial score (nSPS) is 9.31. The van der Waals surface area contributed by atoms with Gasteiger partial charge in [0.1, 0.15) is 5.15 Å². The largest absolute Gasteiger partial charge is 0.351 e. The second-order valence-corrected chi connectivity index (χ2v) is 2.62. The fraction of sp³-hybridized carbons (Fsp3) is 0.125. The van der Waals surface area contributed by atoms with Crippen molar-refractivity contribution in [3.05, 3.63) is 29.0 Å². The van der Waals surface area contributed by atoms with Gasteiger partial charge in [0.25, 0.3) is 0 Å². The van der Waals surface area contributed by atoms with E-state index < -0.39 is 0 Å². The molecule has 1 amide bonds. The molecule has 0 aromatic carbocycles. The Labute approximate surface area is 79.9 Å². The second-order valence-electron chi connectivity index (χ2n) is 2.26. The molecule has 13 heavy (non-hydrogen) atoms. The maximum atomic E-state index is 11.3. The summed E-state index contributed by atoms with van der Waals surface area (Å²) in [5.41, 5.74) is 0.318. The van der Waals surface area contributed by atoms with E-state index in [2.05, 4.69) is 10.3 Å². The molecule has 0 unspecified atom stereocenters. The van der Waals surface area contributed by atoms with Crippen LogP contribution in [0.2, 0.25) is 5.15 Å². The van der Waals surface area contributed by atoms with Crippen LogP contribution in [0.3, 0.4) is 0 Å². The molecular formula is C8H7ClN2O2. The number of amides is 1. The minimum atomic E-state index is -0.259. The molecule has 0 radical (unpaired) electrons. The number of pyridine rings is 1. The molecule has 0 saturated carbocycles. The van der Waals surface area contributed by atoms with Crippen molar-refractivity contribution in [2.75, 3.05) is 6.54 Å². The Balaban J connectivity index is 2.76. The highest BCUT2D eigenvalue weighted by Crippen LogP contribution is 2.11. The van der Waals surface area contributed by atoms with Gasteiger partial charge in [-0.1, -0.05) is 11.6 Å². The number of carbonyl (C=O) groups excluding carboxylic acids is 2. The first kappa shape index (κ1) is 9.67. The fourth-order valence-electron chi connectivity index (χ4n) is 0.824. The van der Waals surface area contributed by atoms with E-state index >= 15 is 0 Å². The number of ketones is 1. The van der Waals surface area contributed by atoms with Crippen molar-refractivity contribution in [3.63, 3.8) is 0 Å². The first-order chi connectivity index (χ1) is 6.25. The third kappa shape index (κ3) is 2.52. The zero-order valence-corrected chi connectivity index (χ0v) is 7.41. The number of Topliss-reactive ketones (excluding diaryl/α,β-unsaturated/α-hetero) is 1. The summed E-state index contributed by atoms with van der Waals surface area (Å²) in [6.07, 6.45) is 1.95. The molecule has 0 fully saturated rings. The molecule has 1 aromatic heterocycles. The lowest BCUT2D eigenvalue weighted by Crippen LogP contribution is -2.21. The van der Waals surface area contributed by atoms with E-state index in [-0.39, 0.29) is 17.5 Å². The summed E-state index contributed by atoms with van der Waals surface area (Å²) >= 11 is 5.65. The van der Waals surface area contributed by atoms with Crippen molar-refractivity contribution < 1.29 is 9.59 Å². The van der Waals surface area contributed by atoms with Crippen molar-refractivity contribution in [1.29, 1.82) is 0 Å². The van der Waals surface area contributed by atoms with Crippen LogP contribution in [0.1, 0.15) is 10.4 Å². The molecule has 0 spiro atoms. The number of nitrogens with zero attached hydrogens (tertiary/aromatic N) is 1. The lowest BCUT2D eigenvalue weighted by molar-refractivity contribution is -0.109. The van der Waals surface area contributed by atoms with Gasteiger partial charge in [-0.3, -0.25) is 9.59 Å². The number of hydrogen-bond acceptors (Lipinski definition) is 3. The third-order valence-corrected chi connectivity index (χ3v) is 1.71. The van der Waals surface area contributed by atoms with Crippen LogP contribution in [0.15, 0.2) is 18.3 Å². The maximum absolute atomic E-state index is 11.3. The summed E-state index contributed by atoms with van der Waals surface area (Å²) in [5.74, 6) is -0.259. The minimum Gasteiger partial charge on any atom is -0.351 e. The summed E-state index contributed by atoms with van der Waals surface area (Å²) in [4.78, 5) is 24.9. The van der Waals surface area contributed by atoms with Gasteiger partial charge in [-0.25, -0.2) is 4.98 Å². The topological polar surface area (TPSA) is 59.1 Å². The average molecular weight is 199 g/mol. The molecule has 0 atom stereocenters. The van der Waals surface area contributed by atoms with E-state index in [1.807, 2.05) is 0 Å². The van der Waals surface area contributed by atoms with Crippen molar-refractivity contribution in [2.24, 2.45) is 0 Å². The number of carbonyl (C=O) groups is 2. The Hall–Kier alpha value is -1.42. The van der Waals surface area contributed by atoms with Gasteiger partial charge in [-0.2, -0.15) is 0 Å². The van der Waals surface area contributed by atoms with Crippen molar-refractivity contribution in [1.82, 2.24) is 10.3 Å². The van der Waals surface area contributed by atoms with Crippen LogP contribution in [0.5, 0.6) is 0 Å². The van der Waals surface area contributed by atoms with Gasteiger partial charge in [0.15, 0.2) is 5.78 Å². The van der Waals surface area contributed by atoms with E-state index in [1.54, 1.807) is 12.1 Å². The summed E-state index contributed by atoms with van der Waals surface area (Å²) in [6.45, 7) is -0.0606. The number of nitrogens with one attached hydrogen (secondary N) is 1. The van der Waals surface area contributed by atoms with Gasteiger partial charge < -0.3 is 5.32 Å². The van der Waals surface area contributed by atoms with Crippen LogP contribution in [0.25, 0.3) is 0 Å². The summed E-state index contributed by atoms with van der Waals surface area (Å²) in [5, 5.41) is 2.41. The van der Waals surface area contributed by atoms with Gasteiger partial charge in [0.2, 0.25) is 6.41 Å². The predicted molar refractivity (Wildman–Crippen MR) is 47.6 cm³/mol. The van der Waals surface area contributed by atoms with E-state index in [0.29, 0.717) is 12.0 Å². The molecule has 1 aromatic rings. The summed E-state index contributed by atoms with van der Waals surface area (Å²) in [6, 6.07) is 3.17. The number of rotatable bonds is 4. The highest BCUT2D eigenvalue weighted by atomic mass is 35.5. The molecular weight excluding hydrogens is 192 g/mol. The number of aromatic nitrogens is 1. The molecule has 0 saturated heterocycles. The zero-order valence-electron chi connectivity index (χ0n) is 6.66. The molecule has 68 valence electrons. The first-order valence-electron chi connectivity index (χ1n) is 3.56. The molecule has 1 rings (SSSR count). The quantitative estimate of drug-likeness (QED) is 0.439. The molecule has 0 bridgehead atoms. The van der Waals surface area contributed by atoms with Gasteiger partial charge in [0, 0.05) is 6.20 Å². The van der Waals surface area contributed by atoms with Crippen LogP contribution in [-0.2, 0) is 4.79 Å². The van der Waals surface area contributed by atoms with E-state index in [9.17, 15) is 9.59 Å². The summed E-state index contributed by atoms with van der Waals surface area (Å²) in [7, 11) is 0. The van der Waals surface area contributed by atoms with E-state index in [0.717, 1.165) is 0 Å². The van der Waals surface area contributed by atoms with Crippen LogP contribution >= 0.6 is 11.6 Å². The van der Waals surface area contributed by atoms with Crippen LogP contribution in [-0.4, -0.2) is 23.7 Å². The van der Waals surface area contributed by atoms with Crippen LogP contribution in [0, 0.1) is 0 Å². The molecule has 0 aliphatic heterocycles. The molecule has 0 aliphatic rings. The second kappa shape index (κ2) is 4.57. The molecule has 5 heteroatoms. The van der Waals surface area contributed by atoms with Gasteiger partial charge >= 0.3 is 0 Å².